The number of hydrogen-bond acceptors (Lipinski definition) is 4. The molecule has 1 amide bonds. The third-order valence-corrected chi connectivity index (χ3v) is 6.33. The monoisotopic (exact) mass is 408 g/mol. The first-order valence-corrected chi connectivity index (χ1v) is 11.1. The van der Waals surface area contributed by atoms with Crippen LogP contribution in [0.4, 0.5) is 11.4 Å². The maximum atomic E-state index is 12.6. The van der Waals surface area contributed by atoms with Gasteiger partial charge < -0.3 is 10.2 Å². The van der Waals surface area contributed by atoms with Crippen LogP contribution in [0.15, 0.2) is 48.8 Å². The largest absolute Gasteiger partial charge is 0.367 e. The second-order valence-electron chi connectivity index (χ2n) is 9.47. The minimum absolute atomic E-state index is 0.0980. The van der Waals surface area contributed by atoms with Crippen molar-refractivity contribution in [2.45, 2.75) is 40.5 Å². The Morgan fingerprint density at radius 3 is 2.40 bits per heavy atom. The van der Waals surface area contributed by atoms with Gasteiger partial charge in [0.15, 0.2) is 0 Å². The van der Waals surface area contributed by atoms with Gasteiger partial charge in [-0.1, -0.05) is 39.8 Å². The molecule has 1 fully saturated rings. The van der Waals surface area contributed by atoms with Gasteiger partial charge in [-0.2, -0.15) is 0 Å². The summed E-state index contributed by atoms with van der Waals surface area (Å²) in [6.07, 6.45) is 5.32. The number of nitrogens with one attached hydrogen (secondary N) is 1. The van der Waals surface area contributed by atoms with Crippen molar-refractivity contribution in [1.29, 1.82) is 0 Å². The fraction of sp³-hybridized carbons (Fsp3) is 0.520. The number of piperazine rings is 1. The molecule has 2 heterocycles. The molecule has 0 spiro atoms. The summed E-state index contributed by atoms with van der Waals surface area (Å²) in [5, 5.41) is 3.17. The van der Waals surface area contributed by atoms with Crippen LogP contribution in [0.25, 0.3) is 0 Å². The number of pyridine rings is 1. The highest BCUT2D eigenvalue weighted by Gasteiger charge is 2.24. The summed E-state index contributed by atoms with van der Waals surface area (Å²) >= 11 is 0. The third-order valence-electron chi connectivity index (χ3n) is 6.33. The van der Waals surface area contributed by atoms with E-state index in [1.54, 1.807) is 0 Å². The number of nitrogens with zero attached hydrogens (tertiary/aromatic N) is 3. The molecule has 0 saturated carbocycles. The van der Waals surface area contributed by atoms with E-state index in [-0.39, 0.29) is 11.3 Å². The lowest BCUT2D eigenvalue weighted by Crippen LogP contribution is -2.47. The van der Waals surface area contributed by atoms with Crippen molar-refractivity contribution < 1.29 is 4.79 Å². The molecule has 1 atom stereocenters. The molecule has 2 aromatic rings. The number of benzene rings is 1. The maximum absolute atomic E-state index is 12.6. The van der Waals surface area contributed by atoms with Gasteiger partial charge in [-0.05, 0) is 47.6 Å². The van der Waals surface area contributed by atoms with E-state index >= 15 is 0 Å². The second-order valence-corrected chi connectivity index (χ2v) is 9.47. The highest BCUT2D eigenvalue weighted by Crippen LogP contribution is 2.30. The molecule has 1 aromatic heterocycles. The number of carbonyl (C=O) groups excluding carboxylic acids is 1. The van der Waals surface area contributed by atoms with Crippen LogP contribution in [-0.2, 0) is 11.2 Å². The molecule has 30 heavy (non-hydrogen) atoms. The zero-order chi connectivity index (χ0) is 21.6. The number of carbonyl (C=O) groups is 1. The van der Waals surface area contributed by atoms with Gasteiger partial charge in [0, 0.05) is 51.5 Å². The van der Waals surface area contributed by atoms with Crippen LogP contribution in [0.1, 0.15) is 39.7 Å². The normalized spacial score (nSPS) is 16.3. The van der Waals surface area contributed by atoms with Crippen molar-refractivity contribution >= 4 is 17.3 Å². The molecule has 1 N–H and O–H groups in total. The van der Waals surface area contributed by atoms with Crippen molar-refractivity contribution in [3.63, 3.8) is 0 Å². The number of amides is 1. The summed E-state index contributed by atoms with van der Waals surface area (Å²) in [5.41, 5.74) is 3.52. The van der Waals surface area contributed by atoms with Crippen LogP contribution in [0, 0.1) is 11.3 Å². The van der Waals surface area contributed by atoms with E-state index in [2.05, 4.69) is 72.1 Å². The molecule has 5 heteroatoms. The van der Waals surface area contributed by atoms with E-state index in [1.165, 1.54) is 5.56 Å². The Morgan fingerprint density at radius 1 is 1.07 bits per heavy atom. The smallest absolute Gasteiger partial charge is 0.224 e. The van der Waals surface area contributed by atoms with Crippen molar-refractivity contribution in [3.8, 4) is 0 Å². The summed E-state index contributed by atoms with van der Waals surface area (Å²) < 4.78 is 0. The third kappa shape index (κ3) is 6.30. The first-order valence-electron chi connectivity index (χ1n) is 11.1. The molecule has 1 aliphatic heterocycles. The summed E-state index contributed by atoms with van der Waals surface area (Å²) in [4.78, 5) is 21.6. The maximum Gasteiger partial charge on any atom is 0.224 e. The van der Waals surface area contributed by atoms with E-state index in [1.807, 2.05) is 24.5 Å². The molecule has 0 bridgehead atoms. The molecular weight excluding hydrogens is 372 g/mol. The standard InChI is InChI=1S/C25H36N4O/c1-20(25(2,3)4)19-24(30)27-22-7-5-6-8-23(22)29-17-15-28(16-18-29)14-11-21-9-12-26-13-10-21/h5-10,12-13,20H,11,14-19H2,1-4H3,(H,27,30). The SMILES string of the molecule is CC(CC(=O)Nc1ccccc1N1CCN(CCc2ccncc2)CC1)C(C)(C)C. The Hall–Kier alpha value is -2.40. The van der Waals surface area contributed by atoms with E-state index in [0.29, 0.717) is 12.3 Å². The molecule has 1 aliphatic rings. The number of aromatic nitrogens is 1. The lowest BCUT2D eigenvalue weighted by Gasteiger charge is -2.37. The number of para-hydroxylation sites is 2. The zero-order valence-electron chi connectivity index (χ0n) is 18.9. The minimum atomic E-state index is 0.0980. The van der Waals surface area contributed by atoms with Crippen molar-refractivity contribution in [1.82, 2.24) is 9.88 Å². The van der Waals surface area contributed by atoms with E-state index in [0.717, 1.165) is 50.5 Å². The summed E-state index contributed by atoms with van der Waals surface area (Å²) in [6.45, 7) is 13.8. The van der Waals surface area contributed by atoms with Gasteiger partial charge in [-0.3, -0.25) is 14.7 Å². The van der Waals surface area contributed by atoms with E-state index in [4.69, 9.17) is 0 Å². The van der Waals surface area contributed by atoms with Gasteiger partial charge in [-0.25, -0.2) is 0 Å². The van der Waals surface area contributed by atoms with Crippen molar-refractivity contribution in [2.24, 2.45) is 11.3 Å². The van der Waals surface area contributed by atoms with Crippen molar-refractivity contribution in [3.05, 3.63) is 54.4 Å². The van der Waals surface area contributed by atoms with E-state index < -0.39 is 0 Å². The Labute approximate surface area is 181 Å². The summed E-state index contributed by atoms with van der Waals surface area (Å²) in [6, 6.07) is 12.4. The molecule has 1 unspecified atom stereocenters. The summed E-state index contributed by atoms with van der Waals surface area (Å²) in [7, 11) is 0. The van der Waals surface area contributed by atoms with Gasteiger partial charge in [0.25, 0.3) is 0 Å². The van der Waals surface area contributed by atoms with Gasteiger partial charge in [0.2, 0.25) is 5.91 Å². The molecule has 5 nitrogen and oxygen atoms in total. The Morgan fingerprint density at radius 2 is 1.73 bits per heavy atom. The van der Waals surface area contributed by atoms with Crippen LogP contribution in [-0.4, -0.2) is 48.5 Å². The fourth-order valence-corrected chi connectivity index (χ4v) is 3.69. The van der Waals surface area contributed by atoms with Crippen LogP contribution in [0.3, 0.4) is 0 Å². The molecule has 0 radical (unpaired) electrons. The van der Waals surface area contributed by atoms with Gasteiger partial charge >= 0.3 is 0 Å². The first kappa shape index (κ1) is 22.3. The molecule has 3 rings (SSSR count). The predicted octanol–water partition coefficient (Wildman–Crippen LogP) is 4.46. The van der Waals surface area contributed by atoms with E-state index in [9.17, 15) is 4.79 Å². The molecule has 1 saturated heterocycles. The lowest BCUT2D eigenvalue weighted by molar-refractivity contribution is -0.117. The fourth-order valence-electron chi connectivity index (χ4n) is 3.69. The molecule has 162 valence electrons. The van der Waals surface area contributed by atoms with Gasteiger partial charge in [-0.15, -0.1) is 0 Å². The Bertz CT molecular complexity index is 807. The van der Waals surface area contributed by atoms with Crippen molar-refractivity contribution in [2.75, 3.05) is 42.9 Å². The minimum Gasteiger partial charge on any atom is -0.367 e. The highest BCUT2D eigenvalue weighted by atomic mass is 16.1. The predicted molar refractivity (Wildman–Crippen MR) is 125 cm³/mol. The molecular formula is C25H36N4O. The topological polar surface area (TPSA) is 48.5 Å². The number of hydrogen-bond donors (Lipinski definition) is 1. The zero-order valence-corrected chi connectivity index (χ0v) is 18.9. The Kier molecular flexibility index (Phi) is 7.48. The second kappa shape index (κ2) is 10.1. The quantitative estimate of drug-likeness (QED) is 0.735. The summed E-state index contributed by atoms with van der Waals surface area (Å²) in [5.74, 6) is 0.425. The van der Waals surface area contributed by atoms with Gasteiger partial charge in [0.05, 0.1) is 11.4 Å². The van der Waals surface area contributed by atoms with Crippen LogP contribution < -0.4 is 10.2 Å². The first-order chi connectivity index (χ1) is 14.3. The Balaban J connectivity index is 1.54. The van der Waals surface area contributed by atoms with Gasteiger partial charge in [0.1, 0.15) is 0 Å². The number of anilines is 2. The van der Waals surface area contributed by atoms with Crippen LogP contribution >= 0.6 is 0 Å². The van der Waals surface area contributed by atoms with Crippen LogP contribution in [0.5, 0.6) is 0 Å². The highest BCUT2D eigenvalue weighted by molar-refractivity contribution is 5.94. The average Bonchev–Trinajstić information content (AvgIpc) is 2.73. The number of rotatable bonds is 7. The molecule has 1 aromatic carbocycles. The lowest BCUT2D eigenvalue weighted by atomic mass is 9.80. The molecule has 0 aliphatic carbocycles. The average molecular weight is 409 g/mol. The van der Waals surface area contributed by atoms with Crippen LogP contribution in [0.2, 0.25) is 0 Å².